The van der Waals surface area contributed by atoms with Gasteiger partial charge in [0, 0.05) is 24.9 Å². The Labute approximate surface area is 192 Å². The molecule has 30 heavy (non-hydrogen) atoms. The number of methoxy groups -OCH3 is 3. The van der Waals surface area contributed by atoms with Gasteiger partial charge in [-0.1, -0.05) is 6.07 Å². The van der Waals surface area contributed by atoms with Crippen LogP contribution in [0.1, 0.15) is 18.3 Å². The van der Waals surface area contributed by atoms with Gasteiger partial charge in [0.25, 0.3) is 0 Å². The van der Waals surface area contributed by atoms with E-state index in [1.807, 2.05) is 47.9 Å². The van der Waals surface area contributed by atoms with Crippen molar-refractivity contribution < 1.29 is 14.2 Å². The first kappa shape index (κ1) is 23.5. The second kappa shape index (κ2) is 11.4. The lowest BCUT2D eigenvalue weighted by Gasteiger charge is -2.15. The summed E-state index contributed by atoms with van der Waals surface area (Å²) in [6.07, 6.45) is 1.93. The molecule has 9 nitrogen and oxygen atoms in total. The summed E-state index contributed by atoms with van der Waals surface area (Å²) in [4.78, 5) is 4.67. The van der Waals surface area contributed by atoms with Crippen molar-refractivity contribution >= 4 is 35.6 Å². The van der Waals surface area contributed by atoms with Gasteiger partial charge >= 0.3 is 0 Å². The molecule has 2 aromatic heterocycles. The standard InChI is InChI=1S/C20H26N6O3.HI/c1-5-21-20(23-13-19-25-24-18-8-6-7-9-26(18)19)22-12-15-16(28-3)10-14(27-2)11-17(15)29-4;/h6-11H,5,12-13H2,1-4H3,(H2,21,22,23);1H. The molecule has 0 unspecified atom stereocenters. The van der Waals surface area contributed by atoms with Gasteiger partial charge in [-0.2, -0.15) is 0 Å². The lowest BCUT2D eigenvalue weighted by Crippen LogP contribution is -2.37. The normalized spacial score (nSPS) is 11.0. The van der Waals surface area contributed by atoms with Gasteiger partial charge in [-0.15, -0.1) is 34.2 Å². The second-order valence-electron chi connectivity index (χ2n) is 6.10. The molecule has 0 aliphatic carbocycles. The van der Waals surface area contributed by atoms with Crippen molar-refractivity contribution in [3.8, 4) is 17.2 Å². The Morgan fingerprint density at radius 3 is 2.40 bits per heavy atom. The van der Waals surface area contributed by atoms with Crippen molar-refractivity contribution in [2.24, 2.45) is 4.99 Å². The molecular formula is C20H27IN6O3. The largest absolute Gasteiger partial charge is 0.496 e. The zero-order valence-electron chi connectivity index (χ0n) is 17.5. The zero-order chi connectivity index (χ0) is 20.6. The number of halogens is 1. The first-order valence-corrected chi connectivity index (χ1v) is 9.29. The predicted octanol–water partition coefficient (Wildman–Crippen LogP) is 2.63. The molecule has 162 valence electrons. The number of nitrogens with one attached hydrogen (secondary N) is 2. The third-order valence-corrected chi connectivity index (χ3v) is 4.35. The number of aliphatic imine (C=N–C) groups is 1. The molecule has 10 heteroatoms. The summed E-state index contributed by atoms with van der Waals surface area (Å²) >= 11 is 0. The highest BCUT2D eigenvalue weighted by Gasteiger charge is 2.13. The van der Waals surface area contributed by atoms with Gasteiger partial charge in [0.1, 0.15) is 17.2 Å². The number of hydrogen-bond acceptors (Lipinski definition) is 6. The number of aromatic nitrogens is 3. The van der Waals surface area contributed by atoms with E-state index >= 15 is 0 Å². The van der Waals surface area contributed by atoms with Crippen LogP contribution in [0.2, 0.25) is 0 Å². The van der Waals surface area contributed by atoms with E-state index in [0.717, 1.165) is 23.6 Å². The fraction of sp³-hybridized carbons (Fsp3) is 0.350. The Morgan fingerprint density at radius 2 is 1.77 bits per heavy atom. The van der Waals surface area contributed by atoms with Crippen molar-refractivity contribution in [1.82, 2.24) is 25.2 Å². The maximum absolute atomic E-state index is 5.50. The van der Waals surface area contributed by atoms with Crippen LogP contribution in [0.3, 0.4) is 0 Å². The number of guanidine groups is 1. The van der Waals surface area contributed by atoms with Crippen LogP contribution < -0.4 is 24.8 Å². The molecule has 0 radical (unpaired) electrons. The topological polar surface area (TPSA) is 94.3 Å². The smallest absolute Gasteiger partial charge is 0.191 e. The van der Waals surface area contributed by atoms with Crippen LogP contribution in [0.4, 0.5) is 0 Å². The zero-order valence-corrected chi connectivity index (χ0v) is 19.8. The fourth-order valence-electron chi connectivity index (χ4n) is 2.91. The molecule has 3 aromatic rings. The first-order valence-electron chi connectivity index (χ1n) is 9.29. The van der Waals surface area contributed by atoms with E-state index in [2.05, 4.69) is 25.8 Å². The number of nitrogens with zero attached hydrogens (tertiary/aromatic N) is 4. The SMILES string of the molecule is CCNC(=NCc1c(OC)cc(OC)cc1OC)NCc1nnc2ccccn12.I. The third kappa shape index (κ3) is 5.43. The minimum absolute atomic E-state index is 0. The molecule has 2 heterocycles. The van der Waals surface area contributed by atoms with Crippen molar-refractivity contribution in [2.75, 3.05) is 27.9 Å². The highest BCUT2D eigenvalue weighted by molar-refractivity contribution is 14.0. The van der Waals surface area contributed by atoms with Crippen molar-refractivity contribution in [1.29, 1.82) is 0 Å². The number of hydrogen-bond donors (Lipinski definition) is 2. The van der Waals surface area contributed by atoms with Crippen molar-refractivity contribution in [3.63, 3.8) is 0 Å². The first-order chi connectivity index (χ1) is 14.2. The molecule has 0 aliphatic rings. The van der Waals surface area contributed by atoms with Crippen LogP contribution in [0.15, 0.2) is 41.5 Å². The van der Waals surface area contributed by atoms with Crippen LogP contribution in [0.25, 0.3) is 5.65 Å². The number of pyridine rings is 1. The Morgan fingerprint density at radius 1 is 1.03 bits per heavy atom. The maximum Gasteiger partial charge on any atom is 0.191 e. The number of benzene rings is 1. The van der Waals surface area contributed by atoms with Gasteiger partial charge < -0.3 is 24.8 Å². The molecule has 0 saturated heterocycles. The van der Waals surface area contributed by atoms with E-state index in [0.29, 0.717) is 36.3 Å². The number of fused-ring (bicyclic) bond motifs is 1. The van der Waals surface area contributed by atoms with Gasteiger partial charge in [-0.05, 0) is 19.1 Å². The quantitative estimate of drug-likeness (QED) is 0.265. The van der Waals surface area contributed by atoms with Gasteiger partial charge in [-0.3, -0.25) is 4.40 Å². The Hall–Kier alpha value is -2.76. The summed E-state index contributed by atoms with van der Waals surface area (Å²) in [5, 5.41) is 14.9. The lowest BCUT2D eigenvalue weighted by atomic mass is 10.1. The average molecular weight is 526 g/mol. The molecule has 2 N–H and O–H groups in total. The molecule has 0 aliphatic heterocycles. The van der Waals surface area contributed by atoms with Crippen LogP contribution in [-0.4, -0.2) is 48.4 Å². The van der Waals surface area contributed by atoms with Crippen LogP contribution in [-0.2, 0) is 13.1 Å². The van der Waals surface area contributed by atoms with Gasteiger partial charge in [-0.25, -0.2) is 4.99 Å². The van der Waals surface area contributed by atoms with Crippen LogP contribution in [0.5, 0.6) is 17.2 Å². The van der Waals surface area contributed by atoms with E-state index in [-0.39, 0.29) is 24.0 Å². The number of ether oxygens (including phenoxy) is 3. The van der Waals surface area contributed by atoms with Crippen LogP contribution >= 0.6 is 24.0 Å². The molecule has 0 atom stereocenters. The summed E-state index contributed by atoms with van der Waals surface area (Å²) in [5.74, 6) is 3.43. The van der Waals surface area contributed by atoms with E-state index in [1.165, 1.54) is 0 Å². The van der Waals surface area contributed by atoms with Gasteiger partial charge in [0.05, 0.1) is 40.0 Å². The molecule has 0 fully saturated rings. The highest BCUT2D eigenvalue weighted by Crippen LogP contribution is 2.34. The Bertz CT molecular complexity index is 967. The van der Waals surface area contributed by atoms with Crippen LogP contribution in [0, 0.1) is 0 Å². The predicted molar refractivity (Wildman–Crippen MR) is 126 cm³/mol. The average Bonchev–Trinajstić information content (AvgIpc) is 3.18. The molecule has 0 spiro atoms. The second-order valence-corrected chi connectivity index (χ2v) is 6.10. The van der Waals surface area contributed by atoms with Gasteiger partial charge in [0.15, 0.2) is 17.4 Å². The van der Waals surface area contributed by atoms with E-state index in [4.69, 9.17) is 14.2 Å². The summed E-state index contributed by atoms with van der Waals surface area (Å²) in [7, 11) is 4.83. The lowest BCUT2D eigenvalue weighted by molar-refractivity contribution is 0.369. The highest BCUT2D eigenvalue weighted by atomic mass is 127. The van der Waals surface area contributed by atoms with Gasteiger partial charge in [0.2, 0.25) is 0 Å². The summed E-state index contributed by atoms with van der Waals surface area (Å²) in [5.41, 5.74) is 1.64. The fourth-order valence-corrected chi connectivity index (χ4v) is 2.91. The molecule has 3 rings (SSSR count). The maximum atomic E-state index is 5.50. The van der Waals surface area contributed by atoms with E-state index < -0.39 is 0 Å². The summed E-state index contributed by atoms with van der Waals surface area (Å²) in [6.45, 7) is 3.58. The molecule has 0 saturated carbocycles. The summed E-state index contributed by atoms with van der Waals surface area (Å²) in [6, 6.07) is 9.42. The number of rotatable bonds is 8. The minimum Gasteiger partial charge on any atom is -0.496 e. The molecule has 0 amide bonds. The molecule has 1 aromatic carbocycles. The Kier molecular flexibility index (Phi) is 8.96. The van der Waals surface area contributed by atoms with E-state index in [1.54, 1.807) is 21.3 Å². The Balaban J connectivity index is 0.00000320. The van der Waals surface area contributed by atoms with E-state index in [9.17, 15) is 0 Å². The molecular weight excluding hydrogens is 499 g/mol. The van der Waals surface area contributed by atoms with Crippen molar-refractivity contribution in [2.45, 2.75) is 20.0 Å². The summed E-state index contributed by atoms with van der Waals surface area (Å²) < 4.78 is 18.2. The monoisotopic (exact) mass is 526 g/mol. The molecule has 0 bridgehead atoms. The minimum atomic E-state index is 0. The third-order valence-electron chi connectivity index (χ3n) is 4.35. The van der Waals surface area contributed by atoms with Crippen molar-refractivity contribution in [3.05, 3.63) is 47.9 Å².